The van der Waals surface area contributed by atoms with Gasteiger partial charge >= 0.3 is 0 Å². The highest BCUT2D eigenvalue weighted by Crippen LogP contribution is 2.28. The Morgan fingerprint density at radius 1 is 1.19 bits per heavy atom. The summed E-state index contributed by atoms with van der Waals surface area (Å²) in [4.78, 5) is 16.3. The number of benzene rings is 2. The van der Waals surface area contributed by atoms with Crippen LogP contribution in [0.1, 0.15) is 17.9 Å². The number of aromatic nitrogens is 1. The van der Waals surface area contributed by atoms with Crippen molar-refractivity contribution >= 4 is 23.2 Å². The van der Waals surface area contributed by atoms with Gasteiger partial charge in [-0.15, -0.1) is 0 Å². The van der Waals surface area contributed by atoms with E-state index in [1.807, 2.05) is 30.3 Å². The van der Waals surface area contributed by atoms with Gasteiger partial charge in [0.05, 0.1) is 23.7 Å². The third-order valence-electron chi connectivity index (χ3n) is 3.78. The largest absolute Gasteiger partial charge is 0.441 e. The molecule has 0 fully saturated rings. The van der Waals surface area contributed by atoms with Gasteiger partial charge in [0, 0.05) is 24.1 Å². The molecule has 2 aromatic carbocycles. The summed E-state index contributed by atoms with van der Waals surface area (Å²) in [5.74, 6) is 0.939. The molecule has 0 spiro atoms. The number of hydrogen-bond acceptors (Lipinski definition) is 4. The SMILES string of the molecule is N#CCc1ccc(NC(=O)CCc2ncc(-c3ccccc3Cl)o2)cc1. The van der Waals surface area contributed by atoms with Crippen LogP contribution in [0.5, 0.6) is 0 Å². The molecule has 3 rings (SSSR count). The Balaban J connectivity index is 1.55. The number of carbonyl (C=O) groups is 1. The maximum atomic E-state index is 12.1. The minimum atomic E-state index is -0.129. The van der Waals surface area contributed by atoms with E-state index in [-0.39, 0.29) is 12.3 Å². The first kappa shape index (κ1) is 17.7. The van der Waals surface area contributed by atoms with Crippen molar-refractivity contribution in [3.8, 4) is 17.4 Å². The summed E-state index contributed by atoms with van der Waals surface area (Å²) in [5, 5.41) is 12.1. The lowest BCUT2D eigenvalue weighted by atomic mass is 10.1. The molecule has 1 heterocycles. The highest BCUT2D eigenvalue weighted by atomic mass is 35.5. The molecule has 0 radical (unpaired) electrons. The van der Waals surface area contributed by atoms with Crippen molar-refractivity contribution in [1.82, 2.24) is 4.98 Å². The van der Waals surface area contributed by atoms with Crippen LogP contribution in [0.4, 0.5) is 5.69 Å². The van der Waals surface area contributed by atoms with Gasteiger partial charge in [-0.3, -0.25) is 4.79 Å². The van der Waals surface area contributed by atoms with Crippen LogP contribution < -0.4 is 5.32 Å². The van der Waals surface area contributed by atoms with Gasteiger partial charge in [-0.25, -0.2) is 4.98 Å². The van der Waals surface area contributed by atoms with Crippen LogP contribution in [0, 0.1) is 11.3 Å². The van der Waals surface area contributed by atoms with Crippen LogP contribution in [0.15, 0.2) is 59.1 Å². The molecular weight excluding hydrogens is 350 g/mol. The van der Waals surface area contributed by atoms with Crippen molar-refractivity contribution in [2.24, 2.45) is 0 Å². The van der Waals surface area contributed by atoms with Crippen molar-refractivity contribution in [3.05, 3.63) is 71.2 Å². The first-order valence-corrected chi connectivity index (χ1v) is 8.49. The average Bonchev–Trinajstić information content (AvgIpc) is 3.11. The van der Waals surface area contributed by atoms with Crippen LogP contribution in [0.25, 0.3) is 11.3 Å². The van der Waals surface area contributed by atoms with E-state index in [2.05, 4.69) is 16.4 Å². The van der Waals surface area contributed by atoms with Gasteiger partial charge in [0.25, 0.3) is 0 Å². The molecule has 130 valence electrons. The minimum absolute atomic E-state index is 0.129. The molecule has 0 aliphatic heterocycles. The number of amides is 1. The molecule has 6 heteroatoms. The molecule has 0 saturated heterocycles. The topological polar surface area (TPSA) is 78.9 Å². The number of nitrogens with zero attached hydrogens (tertiary/aromatic N) is 2. The van der Waals surface area contributed by atoms with E-state index >= 15 is 0 Å². The Morgan fingerprint density at radius 3 is 2.69 bits per heavy atom. The normalized spacial score (nSPS) is 10.3. The number of oxazole rings is 1. The number of nitriles is 1. The number of halogens is 1. The number of carbonyl (C=O) groups excluding carboxylic acids is 1. The molecule has 1 aromatic heterocycles. The van der Waals surface area contributed by atoms with Gasteiger partial charge in [-0.05, 0) is 29.8 Å². The van der Waals surface area contributed by atoms with E-state index in [4.69, 9.17) is 21.3 Å². The van der Waals surface area contributed by atoms with Crippen molar-refractivity contribution in [2.45, 2.75) is 19.3 Å². The fraction of sp³-hybridized carbons (Fsp3) is 0.150. The molecule has 0 aliphatic carbocycles. The molecule has 3 aromatic rings. The summed E-state index contributed by atoms with van der Waals surface area (Å²) in [6.07, 6.45) is 2.61. The summed E-state index contributed by atoms with van der Waals surface area (Å²) in [6, 6.07) is 16.7. The van der Waals surface area contributed by atoms with Crippen LogP contribution in [0.3, 0.4) is 0 Å². The van der Waals surface area contributed by atoms with Gasteiger partial charge in [0.1, 0.15) is 0 Å². The predicted molar refractivity (Wildman–Crippen MR) is 99.7 cm³/mol. The molecule has 0 unspecified atom stereocenters. The van der Waals surface area contributed by atoms with E-state index in [0.717, 1.165) is 11.1 Å². The molecule has 1 N–H and O–H groups in total. The number of aryl methyl sites for hydroxylation is 1. The van der Waals surface area contributed by atoms with E-state index in [9.17, 15) is 4.79 Å². The minimum Gasteiger partial charge on any atom is -0.441 e. The smallest absolute Gasteiger partial charge is 0.224 e. The Kier molecular flexibility index (Phi) is 5.67. The maximum Gasteiger partial charge on any atom is 0.224 e. The molecule has 0 atom stereocenters. The molecule has 0 bridgehead atoms. The highest BCUT2D eigenvalue weighted by Gasteiger charge is 2.11. The maximum absolute atomic E-state index is 12.1. The zero-order valence-corrected chi connectivity index (χ0v) is 14.7. The van der Waals surface area contributed by atoms with Gasteiger partial charge < -0.3 is 9.73 Å². The lowest BCUT2D eigenvalue weighted by molar-refractivity contribution is -0.116. The number of nitrogens with one attached hydrogen (secondary N) is 1. The zero-order chi connectivity index (χ0) is 18.4. The van der Waals surface area contributed by atoms with E-state index < -0.39 is 0 Å². The van der Waals surface area contributed by atoms with E-state index in [1.54, 1.807) is 24.4 Å². The monoisotopic (exact) mass is 365 g/mol. The number of rotatable bonds is 6. The standard InChI is InChI=1S/C20H16ClN3O2/c21-17-4-2-1-3-16(17)18-13-23-20(26-18)10-9-19(25)24-15-7-5-14(6-8-15)11-12-22/h1-8,13H,9-11H2,(H,24,25). The summed E-state index contributed by atoms with van der Waals surface area (Å²) < 4.78 is 5.69. The third kappa shape index (κ3) is 4.50. The molecule has 0 saturated carbocycles. The zero-order valence-electron chi connectivity index (χ0n) is 13.9. The third-order valence-corrected chi connectivity index (χ3v) is 4.11. The second-order valence-electron chi connectivity index (χ2n) is 5.68. The van der Waals surface area contributed by atoms with Crippen molar-refractivity contribution in [3.63, 3.8) is 0 Å². The summed E-state index contributed by atoms with van der Waals surface area (Å²) in [6.45, 7) is 0. The first-order valence-electron chi connectivity index (χ1n) is 8.11. The lowest BCUT2D eigenvalue weighted by Gasteiger charge is -2.05. The fourth-order valence-corrected chi connectivity index (χ4v) is 2.68. The predicted octanol–water partition coefficient (Wildman–Crippen LogP) is 4.63. The Morgan fingerprint density at radius 2 is 1.96 bits per heavy atom. The van der Waals surface area contributed by atoms with E-state index in [0.29, 0.717) is 35.2 Å². The van der Waals surface area contributed by atoms with Crippen LogP contribution in [-0.2, 0) is 17.6 Å². The van der Waals surface area contributed by atoms with Crippen molar-refractivity contribution in [1.29, 1.82) is 5.26 Å². The number of anilines is 1. The van der Waals surface area contributed by atoms with Crippen LogP contribution in [-0.4, -0.2) is 10.9 Å². The van der Waals surface area contributed by atoms with Crippen molar-refractivity contribution < 1.29 is 9.21 Å². The number of hydrogen-bond donors (Lipinski definition) is 1. The Labute approximate surface area is 156 Å². The molecular formula is C20H16ClN3O2. The first-order chi connectivity index (χ1) is 12.7. The fourth-order valence-electron chi connectivity index (χ4n) is 2.45. The van der Waals surface area contributed by atoms with Gasteiger partial charge in [-0.2, -0.15) is 5.26 Å². The van der Waals surface area contributed by atoms with Crippen LogP contribution >= 0.6 is 11.6 Å². The van der Waals surface area contributed by atoms with Crippen LogP contribution in [0.2, 0.25) is 5.02 Å². The lowest BCUT2D eigenvalue weighted by Crippen LogP contribution is -2.12. The van der Waals surface area contributed by atoms with Crippen molar-refractivity contribution in [2.75, 3.05) is 5.32 Å². The van der Waals surface area contributed by atoms with Gasteiger partial charge in [0.2, 0.25) is 5.91 Å². The highest BCUT2D eigenvalue weighted by molar-refractivity contribution is 6.33. The molecule has 5 nitrogen and oxygen atoms in total. The average molecular weight is 366 g/mol. The Hall–Kier alpha value is -3.10. The quantitative estimate of drug-likeness (QED) is 0.690. The second-order valence-corrected chi connectivity index (χ2v) is 6.09. The van der Waals surface area contributed by atoms with Gasteiger partial charge in [0.15, 0.2) is 11.7 Å². The summed E-state index contributed by atoms with van der Waals surface area (Å²) in [5.41, 5.74) is 2.38. The summed E-state index contributed by atoms with van der Waals surface area (Å²) in [7, 11) is 0. The van der Waals surface area contributed by atoms with Gasteiger partial charge in [-0.1, -0.05) is 35.9 Å². The Bertz CT molecular complexity index is 942. The molecule has 26 heavy (non-hydrogen) atoms. The molecule has 0 aliphatic rings. The molecule has 1 amide bonds. The van der Waals surface area contributed by atoms with E-state index in [1.165, 1.54) is 0 Å². The second kappa shape index (κ2) is 8.32. The summed E-state index contributed by atoms with van der Waals surface area (Å²) >= 11 is 6.15.